The molecule has 61 heavy (non-hydrogen) atoms. The highest BCUT2D eigenvalue weighted by Crippen LogP contribution is 2.36. The van der Waals surface area contributed by atoms with Crippen LogP contribution in [-0.4, -0.2) is 42.8 Å². The third kappa shape index (κ3) is 9.47. The third-order valence-corrected chi connectivity index (χ3v) is 10.3. The number of amides is 1. The molecule has 10 nitrogen and oxygen atoms in total. The zero-order chi connectivity index (χ0) is 43.1. The second-order valence-electron chi connectivity index (χ2n) is 15.6. The monoisotopic (exact) mass is 811 g/mol. The Morgan fingerprint density at radius 2 is 0.934 bits per heavy atom. The maximum absolute atomic E-state index is 12.8. The van der Waals surface area contributed by atoms with Gasteiger partial charge in [0.2, 0.25) is 0 Å². The number of ether oxygens (including phenoxy) is 1. The molecule has 308 valence electrons. The number of aliphatic hydroxyl groups excluding tert-OH is 2. The molecule has 6 N–H and O–H groups in total. The van der Waals surface area contributed by atoms with E-state index in [0.29, 0.717) is 0 Å². The zero-order valence-corrected chi connectivity index (χ0v) is 34.5. The quantitative estimate of drug-likeness (QED) is 0.0610. The van der Waals surface area contributed by atoms with Gasteiger partial charge in [0.15, 0.2) is 5.96 Å². The van der Waals surface area contributed by atoms with Crippen LogP contribution < -0.4 is 11.5 Å². The van der Waals surface area contributed by atoms with Crippen LogP contribution in [0.3, 0.4) is 0 Å². The summed E-state index contributed by atoms with van der Waals surface area (Å²) in [5.74, 6) is -0.966. The number of carbonyl (C=O) groups excluding carboxylic acids is 2. The number of aromatic nitrogens is 2. The largest absolute Gasteiger partial charge is 0.459 e. The molecule has 0 atom stereocenters. The predicted molar refractivity (Wildman–Crippen MR) is 244 cm³/mol. The lowest BCUT2D eigenvalue weighted by molar-refractivity contribution is -0.155. The van der Waals surface area contributed by atoms with Crippen molar-refractivity contribution in [2.75, 3.05) is 0 Å². The maximum Gasteiger partial charge on any atom is 0.326 e. The van der Waals surface area contributed by atoms with Crippen molar-refractivity contribution in [1.82, 2.24) is 9.13 Å². The first-order valence-corrected chi connectivity index (χ1v) is 20.0. The lowest BCUT2D eigenvalue weighted by atomic mass is 9.98. The third-order valence-electron chi connectivity index (χ3n) is 10.3. The highest BCUT2D eigenvalue weighted by atomic mass is 16.6. The summed E-state index contributed by atoms with van der Waals surface area (Å²) in [6.07, 6.45) is 0. The highest BCUT2D eigenvalue weighted by Gasteiger charge is 2.22. The molecule has 0 aliphatic heterocycles. The van der Waals surface area contributed by atoms with Gasteiger partial charge in [0.1, 0.15) is 18.7 Å². The van der Waals surface area contributed by atoms with Gasteiger partial charge in [-0.25, -0.2) is 0 Å². The average Bonchev–Trinajstić information content (AvgIpc) is 3.86. The number of fused-ring (bicyclic) bond motifs is 2. The molecule has 0 radical (unpaired) electrons. The number of carbonyl (C=O) groups is 2. The second-order valence-corrected chi connectivity index (χ2v) is 15.6. The molecular formula is C51H49N5O5. The molecule has 0 spiro atoms. The normalized spacial score (nSPS) is 11.2. The molecule has 0 unspecified atom stereocenters. The van der Waals surface area contributed by atoms with E-state index in [0.717, 1.165) is 77.7 Å². The number of benzene rings is 6. The van der Waals surface area contributed by atoms with Crippen molar-refractivity contribution in [2.24, 2.45) is 16.5 Å². The van der Waals surface area contributed by atoms with E-state index in [1.54, 1.807) is 0 Å². The van der Waals surface area contributed by atoms with Gasteiger partial charge in [-0.05, 0) is 88.8 Å². The Morgan fingerprint density at radius 3 is 1.36 bits per heavy atom. The van der Waals surface area contributed by atoms with Gasteiger partial charge in [0.05, 0.1) is 13.2 Å². The Kier molecular flexibility index (Phi) is 12.6. The number of nitrogens with zero attached hydrogens (tertiary/aromatic N) is 3. The van der Waals surface area contributed by atoms with Gasteiger partial charge >= 0.3 is 5.97 Å². The van der Waals surface area contributed by atoms with E-state index >= 15 is 0 Å². The lowest BCUT2D eigenvalue weighted by Crippen LogP contribution is -2.26. The molecule has 0 saturated heterocycles. The standard InChI is InChI=1S/C27H27NO3.C24H22N4O2/c1-27(2,3)31-26(30)17-28-24(19-9-5-4-6-10-19)15-16-25(28)23-14-8-12-21-20(18-29)11-7-13-22(21)23;25-24(26)27-23(30)14-28-21(16-6-2-1-3-7-16)12-13-22(28)20-11-5-9-18-17(15-29)8-4-10-19(18)20/h4-16,29H,17-18H2,1-3H3;1-13,29H,14-15H2,(H4,25,26,27,30). The van der Waals surface area contributed by atoms with Crippen LogP contribution in [0.5, 0.6) is 0 Å². The molecule has 1 amide bonds. The Hall–Kier alpha value is -7.27. The Labute approximate surface area is 355 Å². The van der Waals surface area contributed by atoms with Crippen molar-refractivity contribution in [3.8, 4) is 45.0 Å². The molecule has 0 saturated carbocycles. The van der Waals surface area contributed by atoms with Crippen molar-refractivity contribution in [3.05, 3.63) is 169 Å². The van der Waals surface area contributed by atoms with E-state index in [2.05, 4.69) is 17.1 Å². The van der Waals surface area contributed by atoms with Crippen LogP contribution in [0, 0.1) is 0 Å². The molecule has 0 fully saturated rings. The Morgan fingerprint density at radius 1 is 0.525 bits per heavy atom. The van der Waals surface area contributed by atoms with Gasteiger partial charge in [-0.2, -0.15) is 4.99 Å². The van der Waals surface area contributed by atoms with Crippen LogP contribution in [-0.2, 0) is 40.6 Å². The molecule has 0 aliphatic carbocycles. The highest BCUT2D eigenvalue weighted by molar-refractivity contribution is 6.00. The first kappa shape index (κ1) is 41.9. The van der Waals surface area contributed by atoms with Gasteiger partial charge in [-0.3, -0.25) is 9.59 Å². The number of aliphatic hydroxyl groups is 2. The van der Waals surface area contributed by atoms with E-state index in [4.69, 9.17) is 16.2 Å². The molecule has 2 aromatic heterocycles. The Bertz CT molecular complexity index is 2850. The number of nitrogens with two attached hydrogens (primary N) is 2. The van der Waals surface area contributed by atoms with E-state index in [1.165, 1.54) is 0 Å². The van der Waals surface area contributed by atoms with Crippen LogP contribution in [0.4, 0.5) is 0 Å². The van der Waals surface area contributed by atoms with Crippen molar-refractivity contribution in [2.45, 2.75) is 52.7 Å². The van der Waals surface area contributed by atoms with Crippen molar-refractivity contribution >= 4 is 39.4 Å². The van der Waals surface area contributed by atoms with Crippen LogP contribution >= 0.6 is 0 Å². The molecule has 8 rings (SSSR count). The fourth-order valence-corrected chi connectivity index (χ4v) is 7.76. The first-order chi connectivity index (χ1) is 29.5. The lowest BCUT2D eigenvalue weighted by Gasteiger charge is -2.21. The van der Waals surface area contributed by atoms with E-state index in [1.807, 2.05) is 175 Å². The number of hydrogen-bond donors (Lipinski definition) is 4. The summed E-state index contributed by atoms with van der Waals surface area (Å²) in [7, 11) is 0. The minimum atomic E-state index is -0.549. The van der Waals surface area contributed by atoms with Crippen molar-refractivity contribution in [3.63, 3.8) is 0 Å². The topological polar surface area (TPSA) is 158 Å². The molecule has 6 aromatic carbocycles. The summed E-state index contributed by atoms with van der Waals surface area (Å²) in [5, 5.41) is 23.5. The minimum absolute atomic E-state index is 0.000535. The maximum atomic E-state index is 12.8. The van der Waals surface area contributed by atoms with Crippen molar-refractivity contribution < 1.29 is 24.5 Å². The molecule has 2 heterocycles. The molecule has 10 heteroatoms. The van der Waals surface area contributed by atoms with Crippen LogP contribution in [0.15, 0.2) is 163 Å². The van der Waals surface area contributed by atoms with Gasteiger partial charge in [0.25, 0.3) is 5.91 Å². The molecule has 0 aliphatic rings. The minimum Gasteiger partial charge on any atom is -0.459 e. The molecule has 0 bridgehead atoms. The van der Waals surface area contributed by atoms with E-state index in [9.17, 15) is 19.8 Å². The van der Waals surface area contributed by atoms with Crippen molar-refractivity contribution in [1.29, 1.82) is 0 Å². The van der Waals surface area contributed by atoms with Gasteiger partial charge in [-0.1, -0.05) is 133 Å². The fraction of sp³-hybridized carbons (Fsp3) is 0.157. The number of guanidine groups is 1. The first-order valence-electron chi connectivity index (χ1n) is 20.0. The number of aliphatic imine (C=N–C) groups is 1. The Balaban J connectivity index is 0.000000184. The molecule has 8 aromatic rings. The van der Waals surface area contributed by atoms with Gasteiger partial charge in [0, 0.05) is 33.9 Å². The molecular weight excluding hydrogens is 763 g/mol. The summed E-state index contributed by atoms with van der Waals surface area (Å²) in [5.41, 5.74) is 19.6. The van der Waals surface area contributed by atoms with Crippen LogP contribution in [0.1, 0.15) is 31.9 Å². The average molecular weight is 812 g/mol. The predicted octanol–water partition coefficient (Wildman–Crippen LogP) is 9.08. The van der Waals surface area contributed by atoms with Gasteiger partial charge < -0.3 is 35.6 Å². The zero-order valence-electron chi connectivity index (χ0n) is 34.5. The summed E-state index contributed by atoms with van der Waals surface area (Å²) >= 11 is 0. The smallest absolute Gasteiger partial charge is 0.326 e. The van der Waals surface area contributed by atoms with Crippen LogP contribution in [0.2, 0.25) is 0 Å². The summed E-state index contributed by atoms with van der Waals surface area (Å²) in [4.78, 5) is 28.9. The summed E-state index contributed by atoms with van der Waals surface area (Å²) < 4.78 is 9.56. The summed E-state index contributed by atoms with van der Waals surface area (Å²) in [6.45, 7) is 5.68. The van der Waals surface area contributed by atoms with E-state index < -0.39 is 11.5 Å². The van der Waals surface area contributed by atoms with Gasteiger partial charge in [-0.15, -0.1) is 0 Å². The number of rotatable bonds is 10. The second kappa shape index (κ2) is 18.3. The number of esters is 1. The summed E-state index contributed by atoms with van der Waals surface area (Å²) in [6, 6.07) is 51.8. The fourth-order valence-electron chi connectivity index (χ4n) is 7.76. The number of hydrogen-bond acceptors (Lipinski definition) is 5. The van der Waals surface area contributed by atoms with Crippen LogP contribution in [0.25, 0.3) is 66.6 Å². The SMILES string of the molecule is CC(C)(C)OC(=O)Cn1c(-c2ccccc2)ccc1-c1cccc2c(CO)cccc12.NC(N)=NC(=O)Cn1c(-c2ccccc2)ccc1-c1cccc2c(CO)cccc12. The van der Waals surface area contributed by atoms with E-state index in [-0.39, 0.29) is 38.2 Å².